The van der Waals surface area contributed by atoms with Gasteiger partial charge in [0.25, 0.3) is 0 Å². The maximum Gasteiger partial charge on any atom is 0.419 e. The molecule has 1 aliphatic heterocycles. The third-order valence-electron chi connectivity index (χ3n) is 4.65. The van der Waals surface area contributed by atoms with E-state index < -0.39 is 17.7 Å². The topological polar surface area (TPSA) is 45.7 Å². The number of piperazine rings is 1. The summed E-state index contributed by atoms with van der Waals surface area (Å²) in [7, 11) is 1.32. The Balaban J connectivity index is 1.76. The Labute approximate surface area is 155 Å². The molecule has 27 heavy (non-hydrogen) atoms. The van der Waals surface area contributed by atoms with Gasteiger partial charge in [0.1, 0.15) is 5.82 Å². The van der Waals surface area contributed by atoms with Crippen molar-refractivity contribution in [2.24, 2.45) is 0 Å². The molecule has 5 nitrogen and oxygen atoms in total. The molecule has 8 heteroatoms. The average molecular weight is 379 g/mol. The van der Waals surface area contributed by atoms with Crippen LogP contribution in [0.4, 0.5) is 24.7 Å². The number of aromatic nitrogens is 1. The van der Waals surface area contributed by atoms with Crippen LogP contribution in [0.15, 0.2) is 42.6 Å². The minimum Gasteiger partial charge on any atom is -0.465 e. The van der Waals surface area contributed by atoms with E-state index in [2.05, 4.69) is 14.6 Å². The Hall–Kier alpha value is -2.77. The zero-order valence-electron chi connectivity index (χ0n) is 15.0. The maximum absolute atomic E-state index is 13.3. The number of esters is 1. The minimum atomic E-state index is -4.44. The molecule has 1 unspecified atom stereocenters. The zero-order chi connectivity index (χ0) is 19.6. The zero-order valence-corrected chi connectivity index (χ0v) is 15.0. The van der Waals surface area contributed by atoms with E-state index in [1.807, 2.05) is 19.1 Å². The number of carbonyl (C=O) groups excluding carboxylic acids is 1. The van der Waals surface area contributed by atoms with E-state index in [0.717, 1.165) is 11.8 Å². The fraction of sp³-hybridized carbons (Fsp3) is 0.368. The Kier molecular flexibility index (Phi) is 5.25. The standard InChI is InChI=1S/C19H20F3N3O2/c1-13-12-24(15-7-5-14(6-8-15)18(26)27-2)10-11-25(13)17-16(19(20,21)22)4-3-9-23-17/h3-9,13H,10-12H2,1-2H3. The van der Waals surface area contributed by atoms with E-state index in [-0.39, 0.29) is 11.9 Å². The van der Waals surface area contributed by atoms with Gasteiger partial charge in [0.2, 0.25) is 0 Å². The molecule has 0 radical (unpaired) electrons. The fourth-order valence-corrected chi connectivity index (χ4v) is 3.28. The fourth-order valence-electron chi connectivity index (χ4n) is 3.28. The number of ether oxygens (including phenoxy) is 1. The number of methoxy groups -OCH3 is 1. The molecular formula is C19H20F3N3O2. The molecule has 2 heterocycles. The summed E-state index contributed by atoms with van der Waals surface area (Å²) < 4.78 is 44.6. The highest BCUT2D eigenvalue weighted by atomic mass is 19.4. The van der Waals surface area contributed by atoms with Crippen molar-refractivity contribution in [1.29, 1.82) is 0 Å². The predicted molar refractivity (Wildman–Crippen MR) is 96.0 cm³/mol. The summed E-state index contributed by atoms with van der Waals surface area (Å²) in [6, 6.07) is 9.20. The SMILES string of the molecule is COC(=O)c1ccc(N2CCN(c3ncccc3C(F)(F)F)C(C)C2)cc1. The van der Waals surface area contributed by atoms with Gasteiger partial charge in [-0.25, -0.2) is 9.78 Å². The minimum absolute atomic E-state index is 0.0295. The lowest BCUT2D eigenvalue weighted by Crippen LogP contribution is -2.53. The van der Waals surface area contributed by atoms with Crippen LogP contribution < -0.4 is 9.80 Å². The number of pyridine rings is 1. The second-order valence-electron chi connectivity index (χ2n) is 6.40. The van der Waals surface area contributed by atoms with Crippen LogP contribution in [0.5, 0.6) is 0 Å². The lowest BCUT2D eigenvalue weighted by Gasteiger charge is -2.42. The van der Waals surface area contributed by atoms with Crippen molar-refractivity contribution in [2.75, 3.05) is 36.5 Å². The maximum atomic E-state index is 13.3. The largest absolute Gasteiger partial charge is 0.465 e. The van der Waals surface area contributed by atoms with Crippen molar-refractivity contribution in [1.82, 2.24) is 4.98 Å². The number of rotatable bonds is 3. The van der Waals surface area contributed by atoms with Gasteiger partial charge in [0, 0.05) is 37.6 Å². The van der Waals surface area contributed by atoms with Crippen LogP contribution in [0.25, 0.3) is 0 Å². The van der Waals surface area contributed by atoms with E-state index in [1.54, 1.807) is 17.0 Å². The van der Waals surface area contributed by atoms with E-state index in [0.29, 0.717) is 25.2 Å². The first-order chi connectivity index (χ1) is 12.8. The van der Waals surface area contributed by atoms with E-state index in [9.17, 15) is 18.0 Å². The summed E-state index contributed by atoms with van der Waals surface area (Å²) >= 11 is 0. The molecule has 1 saturated heterocycles. The van der Waals surface area contributed by atoms with Crippen LogP contribution in [0.2, 0.25) is 0 Å². The number of hydrogen-bond donors (Lipinski definition) is 0. The number of benzene rings is 1. The predicted octanol–water partition coefficient (Wildman–Crippen LogP) is 3.60. The third-order valence-corrected chi connectivity index (χ3v) is 4.65. The number of carbonyl (C=O) groups is 1. The van der Waals surface area contributed by atoms with Gasteiger partial charge >= 0.3 is 12.1 Å². The van der Waals surface area contributed by atoms with Crippen molar-refractivity contribution >= 4 is 17.5 Å². The van der Waals surface area contributed by atoms with Gasteiger partial charge in [0.05, 0.1) is 18.2 Å². The lowest BCUT2D eigenvalue weighted by atomic mass is 10.1. The molecule has 0 saturated carbocycles. The van der Waals surface area contributed by atoms with Gasteiger partial charge in [-0.1, -0.05) is 0 Å². The number of halogens is 3. The lowest BCUT2D eigenvalue weighted by molar-refractivity contribution is -0.137. The van der Waals surface area contributed by atoms with Gasteiger partial charge in [-0.05, 0) is 43.3 Å². The molecule has 1 aromatic carbocycles. The number of hydrogen-bond acceptors (Lipinski definition) is 5. The van der Waals surface area contributed by atoms with Crippen molar-refractivity contribution in [3.05, 3.63) is 53.7 Å². The van der Waals surface area contributed by atoms with Crippen molar-refractivity contribution in [3.63, 3.8) is 0 Å². The summed E-state index contributed by atoms with van der Waals surface area (Å²) in [5.74, 6) is -0.437. The Bertz CT molecular complexity index is 809. The summed E-state index contributed by atoms with van der Waals surface area (Å²) in [6.45, 7) is 3.39. The Morgan fingerprint density at radius 1 is 1.19 bits per heavy atom. The molecule has 2 aromatic rings. The molecule has 0 amide bonds. The van der Waals surface area contributed by atoms with Crippen LogP contribution >= 0.6 is 0 Å². The number of alkyl halides is 3. The average Bonchev–Trinajstić information content (AvgIpc) is 2.67. The van der Waals surface area contributed by atoms with E-state index >= 15 is 0 Å². The highest BCUT2D eigenvalue weighted by Gasteiger charge is 2.37. The van der Waals surface area contributed by atoms with Crippen molar-refractivity contribution in [3.8, 4) is 0 Å². The monoisotopic (exact) mass is 379 g/mol. The van der Waals surface area contributed by atoms with Crippen molar-refractivity contribution < 1.29 is 22.7 Å². The quantitative estimate of drug-likeness (QED) is 0.763. The van der Waals surface area contributed by atoms with Crippen LogP contribution in [0, 0.1) is 0 Å². The normalized spacial score (nSPS) is 17.7. The number of anilines is 2. The first-order valence-corrected chi connectivity index (χ1v) is 8.53. The van der Waals surface area contributed by atoms with E-state index in [4.69, 9.17) is 0 Å². The van der Waals surface area contributed by atoms with Crippen LogP contribution in [-0.4, -0.2) is 43.7 Å². The molecule has 1 fully saturated rings. The second-order valence-corrected chi connectivity index (χ2v) is 6.40. The Morgan fingerprint density at radius 3 is 2.48 bits per heavy atom. The molecule has 144 valence electrons. The smallest absolute Gasteiger partial charge is 0.419 e. The summed E-state index contributed by atoms with van der Waals surface area (Å²) in [5.41, 5.74) is 0.648. The molecule has 0 spiro atoms. The first-order valence-electron chi connectivity index (χ1n) is 8.53. The van der Waals surface area contributed by atoms with Gasteiger partial charge in [-0.2, -0.15) is 13.2 Å². The van der Waals surface area contributed by atoms with E-state index in [1.165, 1.54) is 19.4 Å². The molecule has 0 N–H and O–H groups in total. The molecule has 0 bridgehead atoms. The molecule has 1 aliphatic rings. The van der Waals surface area contributed by atoms with Gasteiger partial charge in [-0.15, -0.1) is 0 Å². The van der Waals surface area contributed by atoms with Gasteiger partial charge < -0.3 is 14.5 Å². The molecular weight excluding hydrogens is 359 g/mol. The Morgan fingerprint density at radius 2 is 1.89 bits per heavy atom. The van der Waals surface area contributed by atoms with Gasteiger partial charge in [0.15, 0.2) is 0 Å². The van der Waals surface area contributed by atoms with Crippen LogP contribution in [-0.2, 0) is 10.9 Å². The third kappa shape index (κ3) is 3.99. The highest BCUT2D eigenvalue weighted by Crippen LogP contribution is 2.36. The molecule has 3 rings (SSSR count). The molecule has 1 aromatic heterocycles. The molecule has 0 aliphatic carbocycles. The van der Waals surface area contributed by atoms with Gasteiger partial charge in [-0.3, -0.25) is 0 Å². The van der Waals surface area contributed by atoms with Crippen LogP contribution in [0.1, 0.15) is 22.8 Å². The number of nitrogens with zero attached hydrogens (tertiary/aromatic N) is 3. The van der Waals surface area contributed by atoms with Crippen molar-refractivity contribution in [2.45, 2.75) is 19.1 Å². The summed E-state index contributed by atoms with van der Waals surface area (Å²) in [5, 5.41) is 0. The summed E-state index contributed by atoms with van der Waals surface area (Å²) in [4.78, 5) is 19.3. The highest BCUT2D eigenvalue weighted by molar-refractivity contribution is 5.89. The molecule has 1 atom stereocenters. The second kappa shape index (κ2) is 7.46. The first kappa shape index (κ1) is 19.0. The summed E-state index contributed by atoms with van der Waals surface area (Å²) in [6.07, 6.45) is -3.06. The van der Waals surface area contributed by atoms with Crippen LogP contribution in [0.3, 0.4) is 0 Å².